The molecule has 1 N–H and O–H groups in total. The number of aliphatic hydroxyl groups is 1. The Kier molecular flexibility index (Phi) is 4.34. The van der Waals surface area contributed by atoms with Gasteiger partial charge in [-0.3, -0.25) is 0 Å². The summed E-state index contributed by atoms with van der Waals surface area (Å²) in [5, 5.41) is 9.91. The van der Waals surface area contributed by atoms with E-state index in [4.69, 9.17) is 21.1 Å². The first kappa shape index (κ1) is 12.8. The monoisotopic (exact) mass is 260 g/mol. The molecule has 1 atom stereocenters. The number of ether oxygens (including phenoxy) is 2. The first-order valence-electron chi connectivity index (χ1n) is 5.51. The van der Waals surface area contributed by atoms with Crippen molar-refractivity contribution in [2.45, 2.75) is 25.2 Å². The summed E-state index contributed by atoms with van der Waals surface area (Å²) < 4.78 is 23.6. The van der Waals surface area contributed by atoms with Crippen LogP contribution in [0.2, 0.25) is 5.02 Å². The molecule has 0 radical (unpaired) electrons. The second kappa shape index (κ2) is 5.78. The number of hydrogen-bond donors (Lipinski definition) is 1. The van der Waals surface area contributed by atoms with E-state index in [1.165, 1.54) is 6.07 Å². The van der Waals surface area contributed by atoms with Gasteiger partial charge < -0.3 is 14.6 Å². The summed E-state index contributed by atoms with van der Waals surface area (Å²) >= 11 is 5.81. The molecule has 0 saturated carbocycles. The highest BCUT2D eigenvalue weighted by atomic mass is 35.5. The van der Waals surface area contributed by atoms with Crippen LogP contribution in [0.3, 0.4) is 0 Å². The van der Waals surface area contributed by atoms with Gasteiger partial charge in [0.15, 0.2) is 6.29 Å². The van der Waals surface area contributed by atoms with Crippen LogP contribution in [0.4, 0.5) is 4.39 Å². The van der Waals surface area contributed by atoms with Gasteiger partial charge in [0.05, 0.1) is 24.3 Å². The van der Waals surface area contributed by atoms with Crippen molar-refractivity contribution in [3.63, 3.8) is 0 Å². The fourth-order valence-electron chi connectivity index (χ4n) is 1.81. The normalized spacial score (nSPS) is 18.5. The molecule has 1 aromatic carbocycles. The molecule has 94 valence electrons. The van der Waals surface area contributed by atoms with Gasteiger partial charge in [-0.1, -0.05) is 23.7 Å². The fourth-order valence-corrected chi connectivity index (χ4v) is 2.01. The zero-order chi connectivity index (χ0) is 12.3. The topological polar surface area (TPSA) is 38.7 Å². The molecule has 3 nitrogen and oxygen atoms in total. The molecule has 1 aromatic rings. The Morgan fingerprint density at radius 2 is 2.12 bits per heavy atom. The van der Waals surface area contributed by atoms with Crippen LogP contribution in [-0.4, -0.2) is 30.7 Å². The fraction of sp³-hybridized carbons (Fsp3) is 0.500. The molecule has 0 amide bonds. The third-order valence-corrected chi connectivity index (χ3v) is 3.07. The third kappa shape index (κ3) is 3.39. The lowest BCUT2D eigenvalue weighted by atomic mass is 10.1. The van der Waals surface area contributed by atoms with Crippen LogP contribution >= 0.6 is 11.6 Å². The number of halogens is 2. The third-order valence-electron chi connectivity index (χ3n) is 2.64. The molecule has 1 unspecified atom stereocenters. The van der Waals surface area contributed by atoms with Crippen molar-refractivity contribution in [1.29, 1.82) is 0 Å². The first-order chi connectivity index (χ1) is 8.16. The lowest BCUT2D eigenvalue weighted by molar-refractivity contribution is -0.0698. The van der Waals surface area contributed by atoms with Gasteiger partial charge in [0.2, 0.25) is 0 Å². The van der Waals surface area contributed by atoms with Gasteiger partial charge in [0.25, 0.3) is 0 Å². The molecule has 1 aliphatic heterocycles. The van der Waals surface area contributed by atoms with Gasteiger partial charge in [-0.2, -0.15) is 0 Å². The SMILES string of the molecule is OC(Cc1cccc(F)c1Cl)CC1OCCO1. The van der Waals surface area contributed by atoms with Crippen molar-refractivity contribution in [1.82, 2.24) is 0 Å². The van der Waals surface area contributed by atoms with E-state index in [0.717, 1.165) is 0 Å². The van der Waals surface area contributed by atoms with Crippen molar-refractivity contribution in [3.8, 4) is 0 Å². The smallest absolute Gasteiger partial charge is 0.160 e. The molecular formula is C12H14ClFO3. The van der Waals surface area contributed by atoms with Crippen molar-refractivity contribution >= 4 is 11.6 Å². The molecule has 5 heteroatoms. The first-order valence-corrected chi connectivity index (χ1v) is 5.89. The maximum atomic E-state index is 13.2. The second-order valence-electron chi connectivity index (χ2n) is 3.98. The quantitative estimate of drug-likeness (QED) is 0.902. The Morgan fingerprint density at radius 1 is 1.41 bits per heavy atom. The zero-order valence-corrected chi connectivity index (χ0v) is 9.99. The highest BCUT2D eigenvalue weighted by Crippen LogP contribution is 2.22. The minimum absolute atomic E-state index is 0.0693. The van der Waals surface area contributed by atoms with Crippen LogP contribution in [-0.2, 0) is 15.9 Å². The van der Waals surface area contributed by atoms with Crippen LogP contribution in [0.5, 0.6) is 0 Å². The summed E-state index contributed by atoms with van der Waals surface area (Å²) in [5.74, 6) is -0.468. The van der Waals surface area contributed by atoms with Crippen LogP contribution in [0, 0.1) is 5.82 Å². The molecule has 17 heavy (non-hydrogen) atoms. The average Bonchev–Trinajstić information content (AvgIpc) is 2.77. The van der Waals surface area contributed by atoms with Gasteiger partial charge >= 0.3 is 0 Å². The molecule has 2 rings (SSSR count). The summed E-state index contributed by atoms with van der Waals surface area (Å²) in [6.07, 6.45) is -0.359. The molecule has 0 bridgehead atoms. The van der Waals surface area contributed by atoms with E-state index in [1.807, 2.05) is 0 Å². The summed E-state index contributed by atoms with van der Waals surface area (Å²) in [5.41, 5.74) is 0.595. The van der Waals surface area contributed by atoms with E-state index in [1.54, 1.807) is 12.1 Å². The summed E-state index contributed by atoms with van der Waals surface area (Å²) in [4.78, 5) is 0. The Balaban J connectivity index is 1.93. The lowest BCUT2D eigenvalue weighted by Crippen LogP contribution is -2.20. The lowest BCUT2D eigenvalue weighted by Gasteiger charge is -2.15. The van der Waals surface area contributed by atoms with Crippen molar-refractivity contribution in [3.05, 3.63) is 34.6 Å². The van der Waals surface area contributed by atoms with Crippen LogP contribution < -0.4 is 0 Å². The van der Waals surface area contributed by atoms with E-state index in [0.29, 0.717) is 31.6 Å². The largest absolute Gasteiger partial charge is 0.393 e. The Morgan fingerprint density at radius 3 is 2.82 bits per heavy atom. The van der Waals surface area contributed by atoms with E-state index >= 15 is 0 Å². The van der Waals surface area contributed by atoms with Gasteiger partial charge in [-0.05, 0) is 11.6 Å². The minimum Gasteiger partial charge on any atom is -0.393 e. The van der Waals surface area contributed by atoms with Crippen LogP contribution in [0.15, 0.2) is 18.2 Å². The molecule has 0 spiro atoms. The molecular weight excluding hydrogens is 247 g/mol. The highest BCUT2D eigenvalue weighted by molar-refractivity contribution is 6.31. The number of rotatable bonds is 4. The zero-order valence-electron chi connectivity index (χ0n) is 9.23. The van der Waals surface area contributed by atoms with E-state index in [9.17, 15) is 9.50 Å². The average molecular weight is 261 g/mol. The molecule has 1 heterocycles. The molecule has 0 aromatic heterocycles. The molecule has 1 aliphatic rings. The molecule has 0 aliphatic carbocycles. The Hall–Kier alpha value is -0.680. The van der Waals surface area contributed by atoms with Crippen molar-refractivity contribution in [2.75, 3.05) is 13.2 Å². The van der Waals surface area contributed by atoms with E-state index in [2.05, 4.69) is 0 Å². The van der Waals surface area contributed by atoms with Crippen LogP contribution in [0.25, 0.3) is 0 Å². The summed E-state index contributed by atoms with van der Waals surface area (Å²) in [6, 6.07) is 4.57. The predicted octanol–water partition coefficient (Wildman–Crippen LogP) is 2.15. The Labute approximate surface area is 104 Å². The van der Waals surface area contributed by atoms with Gasteiger partial charge in [0.1, 0.15) is 5.82 Å². The van der Waals surface area contributed by atoms with Crippen molar-refractivity contribution < 1.29 is 19.0 Å². The van der Waals surface area contributed by atoms with Crippen molar-refractivity contribution in [2.24, 2.45) is 0 Å². The molecule has 1 fully saturated rings. The maximum Gasteiger partial charge on any atom is 0.160 e. The maximum absolute atomic E-state index is 13.2. The van der Waals surface area contributed by atoms with E-state index < -0.39 is 11.9 Å². The summed E-state index contributed by atoms with van der Waals surface area (Å²) in [7, 11) is 0. The standard InChI is InChI=1S/C12H14ClFO3/c13-12-8(2-1-3-10(12)14)6-9(15)7-11-16-4-5-17-11/h1-3,9,11,15H,4-7H2. The van der Waals surface area contributed by atoms with Gasteiger partial charge in [-0.15, -0.1) is 0 Å². The predicted molar refractivity (Wildman–Crippen MR) is 61.4 cm³/mol. The van der Waals surface area contributed by atoms with E-state index in [-0.39, 0.29) is 11.3 Å². The summed E-state index contributed by atoms with van der Waals surface area (Å²) in [6.45, 7) is 1.11. The highest BCUT2D eigenvalue weighted by Gasteiger charge is 2.21. The Bertz CT molecular complexity index is 380. The number of aliphatic hydroxyl groups excluding tert-OH is 1. The minimum atomic E-state index is -0.655. The van der Waals surface area contributed by atoms with Gasteiger partial charge in [-0.25, -0.2) is 4.39 Å². The number of benzene rings is 1. The second-order valence-corrected chi connectivity index (χ2v) is 4.36. The number of hydrogen-bond acceptors (Lipinski definition) is 3. The van der Waals surface area contributed by atoms with Crippen LogP contribution in [0.1, 0.15) is 12.0 Å². The molecule has 1 saturated heterocycles. The van der Waals surface area contributed by atoms with Gasteiger partial charge in [0, 0.05) is 12.8 Å².